The monoisotopic (exact) mass is 644 g/mol. The summed E-state index contributed by atoms with van der Waals surface area (Å²) in [5.74, 6) is -6.44. The van der Waals surface area contributed by atoms with E-state index in [0.717, 1.165) is 57.8 Å². The van der Waals surface area contributed by atoms with Crippen molar-refractivity contribution < 1.29 is 75.0 Å². The predicted octanol–water partition coefficient (Wildman–Crippen LogP) is 2.47. The molecule has 0 radical (unpaired) electrons. The van der Waals surface area contributed by atoms with Crippen molar-refractivity contribution >= 4 is 29.8 Å². The Morgan fingerprint density at radius 1 is 0.364 bits per heavy atom. The quantitative estimate of drug-likeness (QED) is 0.0757. The van der Waals surface area contributed by atoms with Crippen LogP contribution in [0.4, 0.5) is 0 Å². The summed E-state index contributed by atoms with van der Waals surface area (Å²) in [7, 11) is 0. The van der Waals surface area contributed by atoms with Crippen molar-refractivity contribution in [2.45, 2.75) is 154 Å². The molecule has 0 heterocycles. The second kappa shape index (κ2) is 33.1. The second-order valence-electron chi connectivity index (χ2n) is 10.1. The largest absolute Gasteiger partial charge is 0.479 e. The fourth-order valence-electron chi connectivity index (χ4n) is 3.06. The Morgan fingerprint density at radius 3 is 0.864 bits per heavy atom. The number of hydrogen-bond acceptors (Lipinski definition) is 10. The van der Waals surface area contributed by atoms with Crippen molar-refractivity contribution in [3.63, 3.8) is 0 Å². The summed E-state index contributed by atoms with van der Waals surface area (Å²) in [4.78, 5) is 50.1. The molecule has 0 amide bonds. The smallest absolute Gasteiger partial charge is 0.332 e. The van der Waals surface area contributed by atoms with Gasteiger partial charge in [-0.15, -0.1) is 0 Å². The molecule has 0 aliphatic carbocycles. The first-order chi connectivity index (χ1) is 20.5. The van der Waals surface area contributed by atoms with Crippen LogP contribution in [0, 0.1) is 0 Å². The third kappa shape index (κ3) is 37.2. The van der Waals surface area contributed by atoms with Crippen LogP contribution in [-0.4, -0.2) is 111 Å². The molecular weight excluding hydrogens is 588 g/mol. The van der Waals surface area contributed by atoms with Gasteiger partial charge in [0, 0.05) is 6.42 Å². The van der Waals surface area contributed by atoms with Gasteiger partial charge in [-0.3, -0.25) is 0 Å². The van der Waals surface area contributed by atoms with E-state index in [9.17, 15) is 24.0 Å². The van der Waals surface area contributed by atoms with Gasteiger partial charge in [-0.25, -0.2) is 24.0 Å². The first kappa shape index (κ1) is 48.1. The molecule has 5 atom stereocenters. The third-order valence-electron chi connectivity index (χ3n) is 5.87. The fourth-order valence-corrected chi connectivity index (χ4v) is 3.06. The molecule has 0 spiro atoms. The maximum atomic E-state index is 10.2. The lowest BCUT2D eigenvalue weighted by Gasteiger charge is -2.07. The first-order valence-electron chi connectivity index (χ1n) is 15.0. The van der Waals surface area contributed by atoms with Gasteiger partial charge >= 0.3 is 29.8 Å². The van der Waals surface area contributed by atoms with Crippen LogP contribution in [0.1, 0.15) is 124 Å². The van der Waals surface area contributed by atoms with Crippen LogP contribution in [0.2, 0.25) is 0 Å². The number of unbranched alkanes of at least 4 members (excludes halogenated alkanes) is 9. The average molecular weight is 645 g/mol. The Balaban J connectivity index is -0.000000244. The highest BCUT2D eigenvalue weighted by molar-refractivity contribution is 5.76. The molecule has 0 aromatic heterocycles. The lowest BCUT2D eigenvalue weighted by atomic mass is 10.1. The Hall–Kier alpha value is -2.85. The summed E-state index contributed by atoms with van der Waals surface area (Å²) in [5, 5.41) is 84.4. The van der Waals surface area contributed by atoms with Gasteiger partial charge in [0.2, 0.25) is 0 Å². The van der Waals surface area contributed by atoms with E-state index in [4.69, 9.17) is 51.1 Å². The SMILES string of the molecule is CCCCC(O)C(=O)O.CCCCCCC(O)C(=O)O.CCCCCCCCC(O)C(=O)O.O=C(O)C(O)CC(O)C(=O)O. The molecule has 10 N–H and O–H groups in total. The van der Waals surface area contributed by atoms with E-state index in [1.807, 2.05) is 6.92 Å². The van der Waals surface area contributed by atoms with Crippen LogP contribution in [-0.2, 0) is 24.0 Å². The van der Waals surface area contributed by atoms with Crippen molar-refractivity contribution in [2.24, 2.45) is 0 Å². The predicted molar refractivity (Wildman–Crippen MR) is 159 cm³/mol. The molecule has 0 aliphatic rings. The Kier molecular flexibility index (Phi) is 36.1. The minimum atomic E-state index is -1.83. The third-order valence-corrected chi connectivity index (χ3v) is 5.87. The normalized spacial score (nSPS) is 13.5. The number of hydrogen-bond donors (Lipinski definition) is 10. The van der Waals surface area contributed by atoms with Crippen molar-refractivity contribution in [3.8, 4) is 0 Å². The average Bonchev–Trinajstić information content (AvgIpc) is 2.96. The molecule has 262 valence electrons. The number of carboxylic acids is 5. The van der Waals surface area contributed by atoms with Crippen LogP contribution in [0.3, 0.4) is 0 Å². The second-order valence-corrected chi connectivity index (χ2v) is 10.1. The summed E-state index contributed by atoms with van der Waals surface area (Å²) in [6.45, 7) is 6.20. The maximum Gasteiger partial charge on any atom is 0.332 e. The molecule has 0 bridgehead atoms. The van der Waals surface area contributed by atoms with E-state index in [1.165, 1.54) is 19.3 Å². The fraction of sp³-hybridized carbons (Fsp3) is 0.828. The van der Waals surface area contributed by atoms with Gasteiger partial charge in [-0.2, -0.15) is 0 Å². The molecule has 15 nitrogen and oxygen atoms in total. The highest BCUT2D eigenvalue weighted by atomic mass is 16.4. The van der Waals surface area contributed by atoms with E-state index in [-0.39, 0.29) is 0 Å². The summed E-state index contributed by atoms with van der Waals surface area (Å²) in [5.41, 5.74) is 0. The molecule has 0 aromatic rings. The molecule has 0 fully saturated rings. The summed E-state index contributed by atoms with van der Waals surface area (Å²) in [6.07, 6.45) is 5.74. The number of rotatable bonds is 22. The van der Waals surface area contributed by atoms with Crippen LogP contribution in [0.25, 0.3) is 0 Å². The molecule has 5 unspecified atom stereocenters. The minimum Gasteiger partial charge on any atom is -0.479 e. The maximum absolute atomic E-state index is 10.2. The van der Waals surface area contributed by atoms with Gasteiger partial charge in [0.1, 0.15) is 0 Å². The van der Waals surface area contributed by atoms with Crippen LogP contribution >= 0.6 is 0 Å². The zero-order chi connectivity index (χ0) is 35.1. The number of carboxylic acid groups (broad SMARTS) is 5. The van der Waals surface area contributed by atoms with Gasteiger partial charge < -0.3 is 51.1 Å². The van der Waals surface area contributed by atoms with Crippen molar-refractivity contribution in [1.29, 1.82) is 0 Å². The Bertz CT molecular complexity index is 726. The van der Waals surface area contributed by atoms with Crippen molar-refractivity contribution in [1.82, 2.24) is 0 Å². The number of carbonyl (C=O) groups is 5. The van der Waals surface area contributed by atoms with Gasteiger partial charge in [-0.05, 0) is 19.3 Å². The van der Waals surface area contributed by atoms with Gasteiger partial charge in [-0.1, -0.05) is 97.8 Å². The highest BCUT2D eigenvalue weighted by Gasteiger charge is 2.22. The van der Waals surface area contributed by atoms with Crippen LogP contribution < -0.4 is 0 Å². The molecule has 15 heteroatoms. The van der Waals surface area contributed by atoms with E-state index in [0.29, 0.717) is 19.3 Å². The number of aliphatic hydroxyl groups is 5. The van der Waals surface area contributed by atoms with Crippen LogP contribution in [0.15, 0.2) is 0 Å². The number of aliphatic hydroxyl groups excluding tert-OH is 5. The van der Waals surface area contributed by atoms with Gasteiger partial charge in [0.15, 0.2) is 30.5 Å². The molecule has 0 rings (SSSR count). The minimum absolute atomic E-state index is 0.367. The summed E-state index contributed by atoms with van der Waals surface area (Å²) >= 11 is 0. The lowest BCUT2D eigenvalue weighted by Crippen LogP contribution is -2.30. The molecule has 0 aliphatic heterocycles. The topological polar surface area (TPSA) is 288 Å². The van der Waals surface area contributed by atoms with Crippen molar-refractivity contribution in [3.05, 3.63) is 0 Å². The van der Waals surface area contributed by atoms with Gasteiger partial charge in [0.25, 0.3) is 0 Å². The Morgan fingerprint density at radius 2 is 0.591 bits per heavy atom. The first-order valence-corrected chi connectivity index (χ1v) is 15.0. The van der Waals surface area contributed by atoms with E-state index < -0.39 is 66.8 Å². The van der Waals surface area contributed by atoms with E-state index in [1.54, 1.807) is 0 Å². The summed E-state index contributed by atoms with van der Waals surface area (Å²) < 4.78 is 0. The van der Waals surface area contributed by atoms with E-state index >= 15 is 0 Å². The molecular formula is C29H56O15. The standard InChI is InChI=1S/C10H20O3.C8H16O3.C6H12O3.C5H8O6/c1-2-3-4-5-6-7-8-9(11)10(12)13;1-2-3-4-5-6-7(9)8(10)11;1-2-3-4-5(7)6(8)9;6-2(4(8)9)1-3(7)5(10)11/h9,11H,2-8H2,1H3,(H,12,13);7,9H,2-6H2,1H3,(H,10,11);5,7H,2-4H2,1H3,(H,8,9);2-3,6-7H,1H2,(H,8,9)(H,10,11). The Labute approximate surface area is 259 Å². The zero-order valence-electron chi connectivity index (χ0n) is 26.2. The molecule has 0 aromatic carbocycles. The highest BCUT2D eigenvalue weighted by Crippen LogP contribution is 2.08. The molecule has 44 heavy (non-hydrogen) atoms. The number of aliphatic carboxylic acids is 5. The van der Waals surface area contributed by atoms with Crippen LogP contribution in [0.5, 0.6) is 0 Å². The zero-order valence-corrected chi connectivity index (χ0v) is 26.2. The van der Waals surface area contributed by atoms with Gasteiger partial charge in [0.05, 0.1) is 0 Å². The van der Waals surface area contributed by atoms with E-state index in [2.05, 4.69) is 13.8 Å². The molecule has 0 saturated heterocycles. The summed E-state index contributed by atoms with van der Waals surface area (Å²) in [6, 6.07) is 0. The van der Waals surface area contributed by atoms with Crippen molar-refractivity contribution in [2.75, 3.05) is 0 Å². The molecule has 0 saturated carbocycles. The lowest BCUT2D eigenvalue weighted by molar-refractivity contribution is -0.154.